The van der Waals surface area contributed by atoms with Gasteiger partial charge in [0.1, 0.15) is 12.4 Å². The molecule has 1 saturated carbocycles. The zero-order valence-corrected chi connectivity index (χ0v) is 21.5. The fourth-order valence-electron chi connectivity index (χ4n) is 5.98. The Hall–Kier alpha value is -1.25. The molecule has 3 unspecified atom stereocenters. The smallest absolute Gasteiger partial charge is 0.137 e. The minimum atomic E-state index is -1.94. The molecule has 1 fully saturated rings. The van der Waals surface area contributed by atoms with Crippen molar-refractivity contribution in [2.45, 2.75) is 77.4 Å². The van der Waals surface area contributed by atoms with E-state index in [1.54, 1.807) is 5.57 Å². The number of halogens is 1. The summed E-state index contributed by atoms with van der Waals surface area (Å²) >= 11 is 6.91. The van der Waals surface area contributed by atoms with E-state index >= 15 is 0 Å². The minimum absolute atomic E-state index is 0.0493. The van der Waals surface area contributed by atoms with Crippen molar-refractivity contribution in [3.8, 4) is 5.75 Å². The maximum atomic E-state index is 6.91. The third kappa shape index (κ3) is 4.10. The van der Waals surface area contributed by atoms with Crippen LogP contribution in [0.4, 0.5) is 0 Å². The monoisotopic (exact) mass is 442 g/mol. The first-order valence-electron chi connectivity index (χ1n) is 11.6. The molecule has 0 saturated heterocycles. The van der Waals surface area contributed by atoms with Crippen molar-refractivity contribution in [2.75, 3.05) is 6.61 Å². The van der Waals surface area contributed by atoms with E-state index in [4.69, 9.17) is 16.3 Å². The zero-order valence-electron chi connectivity index (χ0n) is 19.7. The average molecular weight is 443 g/mol. The SMILES string of the molecule is C=CCOc1c(Cl)cc(C(C)(C)C)cc1[Si](CC)(CC)C1C2=CC=CCC2CC1C. The van der Waals surface area contributed by atoms with E-state index in [-0.39, 0.29) is 5.41 Å². The lowest BCUT2D eigenvalue weighted by atomic mass is 9.87. The molecular weight excluding hydrogens is 404 g/mol. The number of ether oxygens (including phenoxy) is 1. The van der Waals surface area contributed by atoms with Gasteiger partial charge < -0.3 is 4.74 Å². The number of allylic oxidation sites excluding steroid dienone is 4. The molecule has 0 N–H and O–H groups in total. The molecule has 3 rings (SSSR count). The molecule has 1 aromatic rings. The highest BCUT2D eigenvalue weighted by atomic mass is 35.5. The summed E-state index contributed by atoms with van der Waals surface area (Å²) in [6.07, 6.45) is 11.4. The molecule has 2 aliphatic carbocycles. The van der Waals surface area contributed by atoms with Gasteiger partial charge in [0, 0.05) is 0 Å². The summed E-state index contributed by atoms with van der Waals surface area (Å²) < 4.78 is 6.28. The van der Waals surface area contributed by atoms with E-state index in [0.29, 0.717) is 18.1 Å². The molecule has 0 heterocycles. The van der Waals surface area contributed by atoms with E-state index in [2.05, 4.69) is 78.5 Å². The Bertz CT molecular complexity index is 841. The maximum absolute atomic E-state index is 6.91. The van der Waals surface area contributed by atoms with Crippen LogP contribution in [0.1, 0.15) is 59.9 Å². The first-order chi connectivity index (χ1) is 14.2. The Balaban J connectivity index is 2.26. The van der Waals surface area contributed by atoms with Gasteiger partial charge >= 0.3 is 0 Å². The van der Waals surface area contributed by atoms with Gasteiger partial charge in [-0.25, -0.2) is 0 Å². The molecule has 1 nitrogen and oxygen atoms in total. The summed E-state index contributed by atoms with van der Waals surface area (Å²) in [6.45, 7) is 18.5. The molecule has 0 amide bonds. The number of hydrogen-bond donors (Lipinski definition) is 0. The minimum Gasteiger partial charge on any atom is -0.488 e. The van der Waals surface area contributed by atoms with Gasteiger partial charge in [-0.2, -0.15) is 0 Å². The van der Waals surface area contributed by atoms with E-state index in [1.807, 2.05) is 6.08 Å². The van der Waals surface area contributed by atoms with Crippen LogP contribution in [0.3, 0.4) is 0 Å². The molecule has 164 valence electrons. The Morgan fingerprint density at radius 3 is 2.53 bits per heavy atom. The summed E-state index contributed by atoms with van der Waals surface area (Å²) in [5.41, 5.74) is 3.72. The normalized spacial score (nSPS) is 23.8. The fourth-order valence-corrected chi connectivity index (χ4v) is 12.1. The van der Waals surface area contributed by atoms with Gasteiger partial charge in [-0.05, 0) is 52.5 Å². The highest BCUT2D eigenvalue weighted by Crippen LogP contribution is 2.55. The second kappa shape index (κ2) is 9.08. The highest BCUT2D eigenvalue weighted by Gasteiger charge is 2.51. The molecule has 2 aliphatic rings. The molecule has 0 bridgehead atoms. The predicted octanol–water partition coefficient (Wildman–Crippen LogP) is 7.81. The Morgan fingerprint density at radius 2 is 1.93 bits per heavy atom. The maximum Gasteiger partial charge on any atom is 0.137 e. The zero-order chi connectivity index (χ0) is 22.1. The number of fused-ring (bicyclic) bond motifs is 1. The lowest BCUT2D eigenvalue weighted by molar-refractivity contribution is 0.365. The van der Waals surface area contributed by atoms with Gasteiger partial charge in [0.05, 0.1) is 13.1 Å². The first-order valence-corrected chi connectivity index (χ1v) is 14.5. The third-order valence-corrected chi connectivity index (χ3v) is 13.9. The molecule has 0 aromatic heterocycles. The lowest BCUT2D eigenvalue weighted by Crippen LogP contribution is -2.53. The van der Waals surface area contributed by atoms with Crippen molar-refractivity contribution in [1.29, 1.82) is 0 Å². The number of rotatable bonds is 7. The summed E-state index contributed by atoms with van der Waals surface area (Å²) in [5.74, 6) is 2.35. The molecule has 0 spiro atoms. The molecular formula is C27H39ClOSi. The van der Waals surface area contributed by atoms with Gasteiger partial charge in [-0.1, -0.05) is 108 Å². The Labute approximate surface area is 190 Å². The van der Waals surface area contributed by atoms with Crippen LogP contribution >= 0.6 is 11.6 Å². The quantitative estimate of drug-likeness (QED) is 0.309. The van der Waals surface area contributed by atoms with Crippen molar-refractivity contribution in [3.05, 3.63) is 59.2 Å². The van der Waals surface area contributed by atoms with Crippen LogP contribution in [0, 0.1) is 11.8 Å². The summed E-state index contributed by atoms with van der Waals surface area (Å²) in [7, 11) is -1.94. The standard InChI is InChI=1S/C27H39ClOSi/c1-8-15-29-25-23(28)17-21(27(5,6)7)18-24(25)30(9-2,10-3)26-19(4)16-20-13-11-12-14-22(20)26/h8,11-12,14,17-20,26H,1,9-10,13,15-16H2,2-7H3. The van der Waals surface area contributed by atoms with Gasteiger partial charge in [0.2, 0.25) is 0 Å². The van der Waals surface area contributed by atoms with E-state index in [9.17, 15) is 0 Å². The summed E-state index contributed by atoms with van der Waals surface area (Å²) in [6, 6.07) is 7.00. The Morgan fingerprint density at radius 1 is 1.23 bits per heavy atom. The van der Waals surface area contributed by atoms with Crippen molar-refractivity contribution in [1.82, 2.24) is 0 Å². The molecule has 0 radical (unpaired) electrons. The summed E-state index contributed by atoms with van der Waals surface area (Å²) in [4.78, 5) is 0. The van der Waals surface area contributed by atoms with E-state index in [1.165, 1.54) is 35.7 Å². The predicted molar refractivity (Wildman–Crippen MR) is 135 cm³/mol. The van der Waals surface area contributed by atoms with Crippen LogP contribution in [0.2, 0.25) is 22.7 Å². The highest BCUT2D eigenvalue weighted by molar-refractivity contribution is 6.94. The van der Waals surface area contributed by atoms with Crippen molar-refractivity contribution < 1.29 is 4.74 Å². The molecule has 3 atom stereocenters. The summed E-state index contributed by atoms with van der Waals surface area (Å²) in [5, 5.41) is 2.19. The second-order valence-electron chi connectivity index (χ2n) is 10.3. The van der Waals surface area contributed by atoms with Crippen LogP contribution in [-0.4, -0.2) is 14.7 Å². The lowest BCUT2D eigenvalue weighted by Gasteiger charge is -2.41. The number of hydrogen-bond acceptors (Lipinski definition) is 1. The first kappa shape index (κ1) is 23.4. The van der Waals surface area contributed by atoms with E-state index in [0.717, 1.165) is 16.7 Å². The Kier molecular flexibility index (Phi) is 7.09. The van der Waals surface area contributed by atoms with Crippen LogP contribution in [0.5, 0.6) is 5.75 Å². The number of benzene rings is 1. The van der Waals surface area contributed by atoms with Gasteiger partial charge in [-0.3, -0.25) is 0 Å². The third-order valence-electron chi connectivity index (χ3n) is 7.55. The molecule has 3 heteroatoms. The van der Waals surface area contributed by atoms with Crippen LogP contribution in [0.15, 0.2) is 48.6 Å². The topological polar surface area (TPSA) is 9.23 Å². The van der Waals surface area contributed by atoms with Crippen LogP contribution < -0.4 is 9.92 Å². The van der Waals surface area contributed by atoms with Gasteiger partial charge in [0.15, 0.2) is 0 Å². The largest absolute Gasteiger partial charge is 0.488 e. The van der Waals surface area contributed by atoms with Gasteiger partial charge in [-0.15, -0.1) is 0 Å². The van der Waals surface area contributed by atoms with Crippen molar-refractivity contribution >= 4 is 24.9 Å². The van der Waals surface area contributed by atoms with Crippen molar-refractivity contribution in [3.63, 3.8) is 0 Å². The van der Waals surface area contributed by atoms with Crippen LogP contribution in [0.25, 0.3) is 0 Å². The van der Waals surface area contributed by atoms with Gasteiger partial charge in [0.25, 0.3) is 0 Å². The molecule has 0 aliphatic heterocycles. The second-order valence-corrected chi connectivity index (χ2v) is 15.6. The van der Waals surface area contributed by atoms with Crippen LogP contribution in [-0.2, 0) is 5.41 Å². The average Bonchev–Trinajstić information content (AvgIpc) is 3.04. The van der Waals surface area contributed by atoms with Crippen molar-refractivity contribution in [2.24, 2.45) is 11.8 Å². The molecule has 30 heavy (non-hydrogen) atoms. The fraction of sp³-hybridized carbons (Fsp3) is 0.556. The molecule has 1 aromatic carbocycles. The van der Waals surface area contributed by atoms with E-state index < -0.39 is 8.07 Å².